The quantitative estimate of drug-likeness (QED) is 0.428. The standard InChI is InChI=1S/C24H37N/c1-5-7-9-21(8-6-2)10-11-22-16-18-25(19-17-22)24-14-12-23(13-15-24)20(3)4/h10,12-15,22H,3,5-9,11,16-19H2,1-2,4H3. The first-order valence-electron chi connectivity index (χ1n) is 10.3. The van der Waals surface area contributed by atoms with Gasteiger partial charge in [-0.15, -0.1) is 0 Å². The fourth-order valence-electron chi connectivity index (χ4n) is 3.77. The molecule has 2 rings (SSSR count). The maximum absolute atomic E-state index is 4.02. The number of hydrogen-bond donors (Lipinski definition) is 0. The van der Waals surface area contributed by atoms with Crippen LogP contribution in [-0.4, -0.2) is 13.1 Å². The van der Waals surface area contributed by atoms with E-state index in [0.717, 1.165) is 11.5 Å². The van der Waals surface area contributed by atoms with E-state index in [1.165, 1.54) is 75.7 Å². The average molecular weight is 340 g/mol. The summed E-state index contributed by atoms with van der Waals surface area (Å²) in [5.41, 5.74) is 5.47. The van der Waals surface area contributed by atoms with Crippen molar-refractivity contribution in [3.8, 4) is 0 Å². The predicted octanol–water partition coefficient (Wildman–Crippen LogP) is 7.24. The van der Waals surface area contributed by atoms with Crippen molar-refractivity contribution >= 4 is 11.3 Å². The zero-order chi connectivity index (χ0) is 18.1. The molecule has 0 aliphatic carbocycles. The Bertz CT molecular complexity index is 544. The van der Waals surface area contributed by atoms with E-state index >= 15 is 0 Å². The van der Waals surface area contributed by atoms with Gasteiger partial charge in [-0.1, -0.05) is 62.6 Å². The third kappa shape index (κ3) is 6.38. The first-order valence-corrected chi connectivity index (χ1v) is 10.3. The van der Waals surface area contributed by atoms with Crippen LogP contribution in [0.5, 0.6) is 0 Å². The molecular formula is C24H37N. The fraction of sp³-hybridized carbons (Fsp3) is 0.583. The summed E-state index contributed by atoms with van der Waals surface area (Å²) in [6.45, 7) is 13.1. The van der Waals surface area contributed by atoms with Crippen LogP contribution in [0, 0.1) is 5.92 Å². The summed E-state index contributed by atoms with van der Waals surface area (Å²) in [5.74, 6) is 0.874. The van der Waals surface area contributed by atoms with E-state index in [9.17, 15) is 0 Å². The molecule has 1 saturated heterocycles. The van der Waals surface area contributed by atoms with Crippen molar-refractivity contribution in [2.45, 2.75) is 72.1 Å². The van der Waals surface area contributed by atoms with Gasteiger partial charge >= 0.3 is 0 Å². The van der Waals surface area contributed by atoms with Gasteiger partial charge in [-0.25, -0.2) is 0 Å². The van der Waals surface area contributed by atoms with E-state index in [0.29, 0.717) is 0 Å². The monoisotopic (exact) mass is 339 g/mol. The Hall–Kier alpha value is -1.50. The number of hydrogen-bond acceptors (Lipinski definition) is 1. The summed E-state index contributed by atoms with van der Waals surface area (Å²) < 4.78 is 0. The molecule has 0 N–H and O–H groups in total. The number of unbranched alkanes of at least 4 members (excludes halogenated alkanes) is 1. The van der Waals surface area contributed by atoms with Crippen LogP contribution in [-0.2, 0) is 0 Å². The molecule has 138 valence electrons. The van der Waals surface area contributed by atoms with Crippen LogP contribution in [0.2, 0.25) is 0 Å². The molecule has 0 bridgehead atoms. The van der Waals surface area contributed by atoms with Gasteiger partial charge in [-0.05, 0) is 69.1 Å². The van der Waals surface area contributed by atoms with E-state index in [-0.39, 0.29) is 0 Å². The van der Waals surface area contributed by atoms with Crippen molar-refractivity contribution in [3.63, 3.8) is 0 Å². The lowest BCUT2D eigenvalue weighted by Gasteiger charge is -2.33. The van der Waals surface area contributed by atoms with Crippen molar-refractivity contribution in [1.29, 1.82) is 0 Å². The molecule has 1 heteroatoms. The minimum absolute atomic E-state index is 0.874. The van der Waals surface area contributed by atoms with Gasteiger partial charge in [-0.2, -0.15) is 0 Å². The molecule has 1 aromatic carbocycles. The Morgan fingerprint density at radius 3 is 2.32 bits per heavy atom. The van der Waals surface area contributed by atoms with E-state index in [1.54, 1.807) is 5.57 Å². The lowest BCUT2D eigenvalue weighted by atomic mass is 9.91. The smallest absolute Gasteiger partial charge is 0.0366 e. The molecule has 1 nitrogen and oxygen atoms in total. The molecule has 1 aliphatic heterocycles. The molecule has 1 fully saturated rings. The number of piperidine rings is 1. The summed E-state index contributed by atoms with van der Waals surface area (Å²) >= 11 is 0. The second kappa shape index (κ2) is 10.5. The minimum atomic E-state index is 0.874. The van der Waals surface area contributed by atoms with Crippen molar-refractivity contribution in [2.75, 3.05) is 18.0 Å². The lowest BCUT2D eigenvalue weighted by Crippen LogP contribution is -2.33. The van der Waals surface area contributed by atoms with Crippen molar-refractivity contribution in [3.05, 3.63) is 48.1 Å². The number of benzene rings is 1. The second-order valence-corrected chi connectivity index (χ2v) is 7.71. The molecule has 1 heterocycles. The highest BCUT2D eigenvalue weighted by Gasteiger charge is 2.18. The van der Waals surface area contributed by atoms with Gasteiger partial charge in [0.25, 0.3) is 0 Å². The third-order valence-electron chi connectivity index (χ3n) is 5.50. The van der Waals surface area contributed by atoms with E-state index < -0.39 is 0 Å². The molecule has 0 radical (unpaired) electrons. The molecule has 25 heavy (non-hydrogen) atoms. The molecule has 0 atom stereocenters. The lowest BCUT2D eigenvalue weighted by molar-refractivity contribution is 0.408. The molecular weight excluding hydrogens is 302 g/mol. The normalized spacial score (nSPS) is 16.3. The summed E-state index contributed by atoms with van der Waals surface area (Å²) in [6.07, 6.45) is 13.1. The van der Waals surface area contributed by atoms with Crippen molar-refractivity contribution < 1.29 is 0 Å². The number of allylic oxidation sites excluding steroid dienone is 3. The highest BCUT2D eigenvalue weighted by Crippen LogP contribution is 2.27. The zero-order valence-corrected chi connectivity index (χ0v) is 16.7. The zero-order valence-electron chi connectivity index (χ0n) is 16.7. The Morgan fingerprint density at radius 1 is 1.08 bits per heavy atom. The van der Waals surface area contributed by atoms with Crippen LogP contribution in [0.25, 0.3) is 5.57 Å². The largest absolute Gasteiger partial charge is 0.372 e. The van der Waals surface area contributed by atoms with Gasteiger partial charge in [0.05, 0.1) is 0 Å². The van der Waals surface area contributed by atoms with Crippen LogP contribution >= 0.6 is 0 Å². The third-order valence-corrected chi connectivity index (χ3v) is 5.50. The van der Waals surface area contributed by atoms with Crippen LogP contribution < -0.4 is 4.90 Å². The summed E-state index contributed by atoms with van der Waals surface area (Å²) in [6, 6.07) is 8.93. The highest BCUT2D eigenvalue weighted by atomic mass is 15.1. The first kappa shape index (κ1) is 19.8. The van der Waals surface area contributed by atoms with Crippen molar-refractivity contribution in [2.24, 2.45) is 5.92 Å². The van der Waals surface area contributed by atoms with Crippen LogP contribution in [0.1, 0.15) is 77.7 Å². The molecule has 1 aliphatic rings. The number of anilines is 1. The van der Waals surface area contributed by atoms with Crippen LogP contribution in [0.4, 0.5) is 5.69 Å². The van der Waals surface area contributed by atoms with Crippen LogP contribution in [0.3, 0.4) is 0 Å². The van der Waals surface area contributed by atoms with E-state index in [2.05, 4.69) is 62.6 Å². The Kier molecular flexibility index (Phi) is 8.31. The fourth-order valence-corrected chi connectivity index (χ4v) is 3.77. The van der Waals surface area contributed by atoms with Gasteiger partial charge in [0.1, 0.15) is 0 Å². The van der Waals surface area contributed by atoms with Gasteiger partial charge < -0.3 is 4.90 Å². The van der Waals surface area contributed by atoms with E-state index in [1.807, 2.05) is 0 Å². The van der Waals surface area contributed by atoms with Gasteiger partial charge in [0.15, 0.2) is 0 Å². The highest BCUT2D eigenvalue weighted by molar-refractivity contribution is 5.64. The van der Waals surface area contributed by atoms with Crippen LogP contribution in [0.15, 0.2) is 42.5 Å². The summed E-state index contributed by atoms with van der Waals surface area (Å²) in [5, 5.41) is 0. The SMILES string of the molecule is C=C(C)c1ccc(N2CCC(CC=C(CCC)CCCC)CC2)cc1. The van der Waals surface area contributed by atoms with Gasteiger partial charge in [0.2, 0.25) is 0 Å². The van der Waals surface area contributed by atoms with Crippen molar-refractivity contribution in [1.82, 2.24) is 0 Å². The van der Waals surface area contributed by atoms with Gasteiger partial charge in [0, 0.05) is 18.8 Å². The topological polar surface area (TPSA) is 3.24 Å². The predicted molar refractivity (Wildman–Crippen MR) is 113 cm³/mol. The molecule has 1 aromatic rings. The van der Waals surface area contributed by atoms with E-state index in [4.69, 9.17) is 0 Å². The second-order valence-electron chi connectivity index (χ2n) is 7.71. The molecule has 0 spiro atoms. The summed E-state index contributed by atoms with van der Waals surface area (Å²) in [7, 11) is 0. The maximum atomic E-state index is 4.02. The van der Waals surface area contributed by atoms with Gasteiger partial charge in [-0.3, -0.25) is 0 Å². The summed E-state index contributed by atoms with van der Waals surface area (Å²) in [4.78, 5) is 2.55. The Labute approximate surface area is 155 Å². The number of nitrogens with zero attached hydrogens (tertiary/aromatic N) is 1. The molecule has 0 unspecified atom stereocenters. The molecule has 0 saturated carbocycles. The Morgan fingerprint density at radius 2 is 1.76 bits per heavy atom. The molecule has 0 aromatic heterocycles. The Balaban J connectivity index is 1.83. The first-order chi connectivity index (χ1) is 12.1. The maximum Gasteiger partial charge on any atom is 0.0366 e. The minimum Gasteiger partial charge on any atom is -0.372 e. The number of rotatable bonds is 9. The average Bonchev–Trinajstić information content (AvgIpc) is 2.64. The molecule has 0 amide bonds.